The molecule has 1 heterocycles. The SMILES string of the molecule is COC(=O)c1ccc([C@H](C)NC(=O)c2cc(F)cc3ccn(Cc4ccc(Cl)cc4)c23)cc1. The monoisotopic (exact) mass is 464 g/mol. The Bertz CT molecular complexity index is 1310. The van der Waals surface area contributed by atoms with Crippen LogP contribution in [-0.4, -0.2) is 23.6 Å². The third-order valence-electron chi connectivity index (χ3n) is 5.52. The highest BCUT2D eigenvalue weighted by Crippen LogP contribution is 2.25. The summed E-state index contributed by atoms with van der Waals surface area (Å²) in [5.74, 6) is -1.30. The first-order valence-corrected chi connectivity index (χ1v) is 10.8. The Labute approximate surface area is 195 Å². The number of nitrogens with zero attached hydrogens (tertiary/aromatic N) is 1. The molecular formula is C26H22ClFN2O3. The van der Waals surface area contributed by atoms with Gasteiger partial charge < -0.3 is 14.6 Å². The van der Waals surface area contributed by atoms with Gasteiger partial charge in [-0.2, -0.15) is 0 Å². The number of fused-ring (bicyclic) bond motifs is 1. The van der Waals surface area contributed by atoms with Gasteiger partial charge in [-0.1, -0.05) is 35.9 Å². The van der Waals surface area contributed by atoms with E-state index in [1.165, 1.54) is 19.2 Å². The zero-order valence-corrected chi connectivity index (χ0v) is 18.9. The lowest BCUT2D eigenvalue weighted by Crippen LogP contribution is -2.27. The van der Waals surface area contributed by atoms with Gasteiger partial charge in [-0.15, -0.1) is 0 Å². The van der Waals surface area contributed by atoms with Gasteiger partial charge in [0.2, 0.25) is 0 Å². The van der Waals surface area contributed by atoms with Gasteiger partial charge in [0, 0.05) is 23.2 Å². The van der Waals surface area contributed by atoms with E-state index in [0.717, 1.165) is 11.1 Å². The molecule has 0 saturated carbocycles. The second kappa shape index (κ2) is 9.46. The molecular weight excluding hydrogens is 443 g/mol. The molecule has 1 atom stereocenters. The Morgan fingerprint density at radius 2 is 1.76 bits per heavy atom. The van der Waals surface area contributed by atoms with Crippen molar-refractivity contribution in [1.82, 2.24) is 9.88 Å². The van der Waals surface area contributed by atoms with Crippen molar-refractivity contribution in [3.8, 4) is 0 Å². The number of benzene rings is 3. The van der Waals surface area contributed by atoms with Crippen LogP contribution < -0.4 is 5.32 Å². The van der Waals surface area contributed by atoms with Crippen LogP contribution in [0.25, 0.3) is 10.9 Å². The molecule has 1 aromatic heterocycles. The molecule has 0 saturated heterocycles. The van der Waals surface area contributed by atoms with Crippen LogP contribution in [0.3, 0.4) is 0 Å². The first-order chi connectivity index (χ1) is 15.9. The Hall–Kier alpha value is -3.64. The number of carbonyl (C=O) groups is 2. The number of halogens is 2. The maximum atomic E-state index is 14.3. The van der Waals surface area contributed by atoms with Crippen LogP contribution in [-0.2, 0) is 11.3 Å². The second-order valence-corrected chi connectivity index (χ2v) is 8.21. The largest absolute Gasteiger partial charge is 0.465 e. The summed E-state index contributed by atoms with van der Waals surface area (Å²) >= 11 is 5.98. The third-order valence-corrected chi connectivity index (χ3v) is 5.77. The van der Waals surface area contributed by atoms with E-state index in [1.807, 2.05) is 42.0 Å². The van der Waals surface area contributed by atoms with E-state index in [4.69, 9.17) is 16.3 Å². The van der Waals surface area contributed by atoms with Crippen molar-refractivity contribution in [2.75, 3.05) is 7.11 Å². The summed E-state index contributed by atoms with van der Waals surface area (Å²) in [6, 6.07) is 18.3. The molecule has 33 heavy (non-hydrogen) atoms. The van der Waals surface area contributed by atoms with Crippen molar-refractivity contribution < 1.29 is 18.7 Å². The summed E-state index contributed by atoms with van der Waals surface area (Å²) < 4.78 is 20.9. The number of amides is 1. The first-order valence-electron chi connectivity index (χ1n) is 10.4. The molecule has 0 spiro atoms. The Balaban J connectivity index is 1.61. The molecule has 0 bridgehead atoms. The number of rotatable bonds is 6. The van der Waals surface area contributed by atoms with Gasteiger partial charge in [0.1, 0.15) is 5.82 Å². The number of ether oxygens (including phenoxy) is 1. The zero-order valence-electron chi connectivity index (χ0n) is 18.1. The van der Waals surface area contributed by atoms with Gasteiger partial charge in [-0.25, -0.2) is 9.18 Å². The lowest BCUT2D eigenvalue weighted by atomic mass is 10.0. The summed E-state index contributed by atoms with van der Waals surface area (Å²) in [6.45, 7) is 2.34. The standard InChI is InChI=1S/C26H22ClFN2O3/c1-16(18-5-7-19(8-6-18)26(32)33-2)29-25(31)23-14-22(28)13-20-11-12-30(24(20)23)15-17-3-9-21(27)10-4-17/h3-14,16H,15H2,1-2H3,(H,29,31)/t16-/m0/s1. The molecule has 0 aliphatic carbocycles. The minimum Gasteiger partial charge on any atom is -0.465 e. The fraction of sp³-hybridized carbons (Fsp3) is 0.154. The van der Waals surface area contributed by atoms with Crippen molar-refractivity contribution in [2.24, 2.45) is 0 Å². The van der Waals surface area contributed by atoms with E-state index in [-0.39, 0.29) is 17.5 Å². The second-order valence-electron chi connectivity index (χ2n) is 7.77. The van der Waals surface area contributed by atoms with Crippen molar-refractivity contribution in [2.45, 2.75) is 19.5 Å². The Kier molecular flexibility index (Phi) is 6.47. The molecule has 7 heteroatoms. The highest BCUT2D eigenvalue weighted by Gasteiger charge is 2.18. The first kappa shape index (κ1) is 22.6. The maximum absolute atomic E-state index is 14.3. The number of hydrogen-bond acceptors (Lipinski definition) is 3. The fourth-order valence-corrected chi connectivity index (χ4v) is 3.91. The average molecular weight is 465 g/mol. The highest BCUT2D eigenvalue weighted by molar-refractivity contribution is 6.30. The third kappa shape index (κ3) is 4.91. The Morgan fingerprint density at radius 1 is 1.06 bits per heavy atom. The zero-order chi connectivity index (χ0) is 23.5. The Morgan fingerprint density at radius 3 is 2.42 bits per heavy atom. The molecule has 5 nitrogen and oxygen atoms in total. The van der Waals surface area contributed by atoms with E-state index >= 15 is 0 Å². The molecule has 1 amide bonds. The minimum atomic E-state index is -0.480. The van der Waals surface area contributed by atoms with Gasteiger partial charge in [0.15, 0.2) is 0 Å². The van der Waals surface area contributed by atoms with E-state index in [1.54, 1.807) is 30.3 Å². The molecule has 0 aliphatic heterocycles. The van der Waals surface area contributed by atoms with Crippen LogP contribution in [0.2, 0.25) is 5.02 Å². The number of methoxy groups -OCH3 is 1. The highest BCUT2D eigenvalue weighted by atomic mass is 35.5. The van der Waals surface area contributed by atoms with Gasteiger partial charge in [-0.3, -0.25) is 4.79 Å². The lowest BCUT2D eigenvalue weighted by molar-refractivity contribution is 0.0600. The number of nitrogens with one attached hydrogen (secondary N) is 1. The average Bonchev–Trinajstić information content (AvgIpc) is 3.21. The number of hydrogen-bond donors (Lipinski definition) is 1. The molecule has 168 valence electrons. The van der Waals surface area contributed by atoms with E-state index in [9.17, 15) is 14.0 Å². The van der Waals surface area contributed by atoms with Gasteiger partial charge in [-0.05, 0) is 60.5 Å². The van der Waals surface area contributed by atoms with E-state index < -0.39 is 11.8 Å². The normalized spacial score (nSPS) is 11.9. The van der Waals surface area contributed by atoms with Crippen molar-refractivity contribution in [3.63, 3.8) is 0 Å². The van der Waals surface area contributed by atoms with Gasteiger partial charge >= 0.3 is 5.97 Å². The van der Waals surface area contributed by atoms with Crippen molar-refractivity contribution >= 4 is 34.4 Å². The molecule has 0 fully saturated rings. The minimum absolute atomic E-state index is 0.252. The number of carbonyl (C=O) groups excluding carboxylic acids is 2. The van der Waals surface area contributed by atoms with Crippen LogP contribution >= 0.6 is 11.6 Å². The van der Waals surface area contributed by atoms with Crippen LogP contribution in [0, 0.1) is 5.82 Å². The summed E-state index contributed by atoms with van der Waals surface area (Å²) in [6.07, 6.45) is 1.84. The molecule has 4 rings (SSSR count). The summed E-state index contributed by atoms with van der Waals surface area (Å²) in [7, 11) is 1.32. The lowest BCUT2D eigenvalue weighted by Gasteiger charge is -2.16. The molecule has 0 radical (unpaired) electrons. The topological polar surface area (TPSA) is 60.3 Å². The fourth-order valence-electron chi connectivity index (χ4n) is 3.79. The molecule has 1 N–H and O–H groups in total. The smallest absolute Gasteiger partial charge is 0.337 e. The van der Waals surface area contributed by atoms with Crippen molar-refractivity contribution in [1.29, 1.82) is 0 Å². The number of esters is 1. The van der Waals surface area contributed by atoms with Crippen molar-refractivity contribution in [3.05, 3.63) is 106 Å². The van der Waals surface area contributed by atoms with Crippen LogP contribution in [0.15, 0.2) is 72.9 Å². The van der Waals surface area contributed by atoms with Crippen LogP contribution in [0.4, 0.5) is 4.39 Å². The summed E-state index contributed by atoms with van der Waals surface area (Å²) in [5, 5.41) is 4.22. The molecule has 0 unspecified atom stereocenters. The van der Waals surface area contributed by atoms with Gasteiger partial charge in [0.25, 0.3) is 5.91 Å². The van der Waals surface area contributed by atoms with Crippen LogP contribution in [0.5, 0.6) is 0 Å². The van der Waals surface area contributed by atoms with Crippen LogP contribution in [0.1, 0.15) is 44.8 Å². The maximum Gasteiger partial charge on any atom is 0.337 e. The molecule has 3 aromatic carbocycles. The molecule has 4 aromatic rings. The van der Waals surface area contributed by atoms with E-state index in [2.05, 4.69) is 5.32 Å². The summed E-state index contributed by atoms with van der Waals surface area (Å²) in [4.78, 5) is 24.8. The number of aromatic nitrogens is 1. The quantitative estimate of drug-likeness (QED) is 0.369. The summed E-state index contributed by atoms with van der Waals surface area (Å²) in [5.41, 5.74) is 3.14. The predicted molar refractivity (Wildman–Crippen MR) is 126 cm³/mol. The van der Waals surface area contributed by atoms with E-state index in [0.29, 0.717) is 28.0 Å². The predicted octanol–water partition coefficient (Wildman–Crippen LogP) is 5.76. The van der Waals surface area contributed by atoms with Gasteiger partial charge in [0.05, 0.1) is 29.8 Å². The molecule has 0 aliphatic rings.